The molecule has 0 aliphatic carbocycles. The Bertz CT molecular complexity index is 387. The second kappa shape index (κ2) is 6.17. The number of benzene rings is 1. The summed E-state index contributed by atoms with van der Waals surface area (Å²) in [6.45, 7) is 1.98. The molecule has 1 aromatic rings. The van der Waals surface area contributed by atoms with Gasteiger partial charge in [-0.2, -0.15) is 5.10 Å². The highest BCUT2D eigenvalue weighted by atomic mass is 32.1. The molecule has 0 aromatic heterocycles. The van der Waals surface area contributed by atoms with E-state index in [4.69, 9.17) is 12.2 Å². The molecule has 0 aliphatic heterocycles. The Morgan fingerprint density at radius 3 is 2.50 bits per heavy atom. The Hall–Kier alpha value is -1.49. The fourth-order valence-corrected chi connectivity index (χ4v) is 1.21. The molecule has 0 radical (unpaired) electrons. The fraction of sp³-hybridized carbons (Fsp3) is 0.273. The molecular weight excluding hydrogens is 225 g/mol. The quantitative estimate of drug-likeness (QED) is 0.481. The minimum absolute atomic E-state index is 0.252. The number of rotatable bonds is 3. The largest absolute Gasteiger partial charge is 0.364 e. The summed E-state index contributed by atoms with van der Waals surface area (Å²) < 4.78 is 12.7. The van der Waals surface area contributed by atoms with Crippen molar-refractivity contribution >= 4 is 23.0 Å². The van der Waals surface area contributed by atoms with Gasteiger partial charge in [0.15, 0.2) is 5.11 Å². The standard InChI is InChI=1S/C11H14FN3S/c1-3-10(14-15-11(16)13-2)8-4-6-9(12)7-5-8/h4-7H,3H2,1-2H3,(H2,13,15,16). The van der Waals surface area contributed by atoms with Crippen LogP contribution in [-0.2, 0) is 0 Å². The molecule has 0 saturated heterocycles. The first kappa shape index (κ1) is 12.6. The highest BCUT2D eigenvalue weighted by molar-refractivity contribution is 7.80. The molecule has 0 fully saturated rings. The van der Waals surface area contributed by atoms with Crippen molar-refractivity contribution in [3.05, 3.63) is 35.6 Å². The van der Waals surface area contributed by atoms with Gasteiger partial charge in [0.1, 0.15) is 5.82 Å². The van der Waals surface area contributed by atoms with E-state index >= 15 is 0 Å². The van der Waals surface area contributed by atoms with Gasteiger partial charge in [0.05, 0.1) is 5.71 Å². The molecule has 0 amide bonds. The van der Waals surface area contributed by atoms with Crippen molar-refractivity contribution in [2.75, 3.05) is 7.05 Å². The van der Waals surface area contributed by atoms with Crippen molar-refractivity contribution < 1.29 is 4.39 Å². The van der Waals surface area contributed by atoms with E-state index in [9.17, 15) is 4.39 Å². The van der Waals surface area contributed by atoms with Crippen LogP contribution in [0.1, 0.15) is 18.9 Å². The highest BCUT2D eigenvalue weighted by Crippen LogP contribution is 2.06. The molecule has 5 heteroatoms. The fourth-order valence-electron chi connectivity index (χ4n) is 1.16. The van der Waals surface area contributed by atoms with E-state index in [1.54, 1.807) is 19.2 Å². The first-order valence-electron chi connectivity index (χ1n) is 4.97. The van der Waals surface area contributed by atoms with Crippen LogP contribution in [0.4, 0.5) is 4.39 Å². The van der Waals surface area contributed by atoms with Gasteiger partial charge in [-0.3, -0.25) is 5.43 Å². The van der Waals surface area contributed by atoms with Crippen molar-refractivity contribution in [2.24, 2.45) is 5.10 Å². The van der Waals surface area contributed by atoms with Gasteiger partial charge in [-0.05, 0) is 36.3 Å². The molecule has 16 heavy (non-hydrogen) atoms. The third-order valence-electron chi connectivity index (χ3n) is 2.03. The van der Waals surface area contributed by atoms with Crippen LogP contribution >= 0.6 is 12.2 Å². The van der Waals surface area contributed by atoms with Crippen molar-refractivity contribution in [1.29, 1.82) is 0 Å². The molecule has 0 aliphatic rings. The molecule has 86 valence electrons. The van der Waals surface area contributed by atoms with Gasteiger partial charge in [-0.25, -0.2) is 4.39 Å². The van der Waals surface area contributed by atoms with Crippen LogP contribution in [0.2, 0.25) is 0 Å². The molecule has 0 saturated carbocycles. The minimum Gasteiger partial charge on any atom is -0.364 e. The van der Waals surface area contributed by atoms with E-state index in [0.717, 1.165) is 17.7 Å². The average molecular weight is 239 g/mol. The molecule has 0 spiro atoms. The van der Waals surface area contributed by atoms with Gasteiger partial charge >= 0.3 is 0 Å². The summed E-state index contributed by atoms with van der Waals surface area (Å²) in [7, 11) is 1.72. The first-order chi connectivity index (χ1) is 7.67. The van der Waals surface area contributed by atoms with Crippen LogP contribution in [0.5, 0.6) is 0 Å². The Labute approximate surface area is 99.7 Å². The van der Waals surface area contributed by atoms with Crippen LogP contribution in [0, 0.1) is 5.82 Å². The third kappa shape index (κ3) is 3.58. The van der Waals surface area contributed by atoms with Crippen LogP contribution in [0.25, 0.3) is 0 Å². The van der Waals surface area contributed by atoms with Crippen molar-refractivity contribution in [3.8, 4) is 0 Å². The van der Waals surface area contributed by atoms with Gasteiger partial charge in [0, 0.05) is 7.05 Å². The maximum atomic E-state index is 12.7. The lowest BCUT2D eigenvalue weighted by Crippen LogP contribution is -2.29. The number of nitrogens with one attached hydrogen (secondary N) is 2. The Morgan fingerprint density at radius 2 is 2.00 bits per heavy atom. The molecule has 1 aromatic carbocycles. The molecule has 0 atom stereocenters. The minimum atomic E-state index is -0.252. The molecule has 0 heterocycles. The summed E-state index contributed by atoms with van der Waals surface area (Å²) in [4.78, 5) is 0. The van der Waals surface area contributed by atoms with E-state index in [2.05, 4.69) is 15.8 Å². The zero-order valence-electron chi connectivity index (χ0n) is 9.25. The van der Waals surface area contributed by atoms with E-state index in [1.807, 2.05) is 6.92 Å². The topological polar surface area (TPSA) is 36.4 Å². The number of halogens is 1. The van der Waals surface area contributed by atoms with Crippen molar-refractivity contribution in [3.63, 3.8) is 0 Å². The summed E-state index contributed by atoms with van der Waals surface area (Å²) in [5.74, 6) is -0.252. The Morgan fingerprint density at radius 1 is 1.38 bits per heavy atom. The number of hydrogen-bond donors (Lipinski definition) is 2. The smallest absolute Gasteiger partial charge is 0.186 e. The number of hydrogen-bond acceptors (Lipinski definition) is 2. The molecule has 0 unspecified atom stereocenters. The summed E-state index contributed by atoms with van der Waals surface area (Å²) in [5.41, 5.74) is 4.43. The van der Waals surface area contributed by atoms with Gasteiger partial charge < -0.3 is 5.32 Å². The normalized spacial score (nSPS) is 11.1. The lowest BCUT2D eigenvalue weighted by atomic mass is 10.1. The molecular formula is C11H14FN3S. The first-order valence-corrected chi connectivity index (χ1v) is 5.38. The van der Waals surface area contributed by atoms with Crippen molar-refractivity contribution in [2.45, 2.75) is 13.3 Å². The predicted octanol–water partition coefficient (Wildman–Crippen LogP) is 2.03. The lowest BCUT2D eigenvalue weighted by Gasteiger charge is -2.06. The highest BCUT2D eigenvalue weighted by Gasteiger charge is 2.01. The lowest BCUT2D eigenvalue weighted by molar-refractivity contribution is 0.627. The maximum Gasteiger partial charge on any atom is 0.186 e. The molecule has 1 rings (SSSR count). The van der Waals surface area contributed by atoms with Gasteiger partial charge in [0.25, 0.3) is 0 Å². The van der Waals surface area contributed by atoms with Crippen LogP contribution in [-0.4, -0.2) is 17.9 Å². The molecule has 0 bridgehead atoms. The SMILES string of the molecule is CCC(=NNC(=S)NC)c1ccc(F)cc1. The van der Waals surface area contributed by atoms with Gasteiger partial charge in [0.2, 0.25) is 0 Å². The second-order valence-electron chi connectivity index (χ2n) is 3.11. The summed E-state index contributed by atoms with van der Waals surface area (Å²) in [5, 5.41) is 7.36. The Balaban J connectivity index is 2.81. The van der Waals surface area contributed by atoms with E-state index in [-0.39, 0.29) is 5.82 Å². The van der Waals surface area contributed by atoms with Crippen LogP contribution in [0.3, 0.4) is 0 Å². The monoisotopic (exact) mass is 239 g/mol. The second-order valence-corrected chi connectivity index (χ2v) is 3.52. The number of thiocarbonyl (C=S) groups is 1. The van der Waals surface area contributed by atoms with Gasteiger partial charge in [-0.1, -0.05) is 19.1 Å². The summed E-state index contributed by atoms with van der Waals surface area (Å²) in [6.07, 6.45) is 0.741. The van der Waals surface area contributed by atoms with Crippen molar-refractivity contribution in [1.82, 2.24) is 10.7 Å². The predicted molar refractivity (Wildman–Crippen MR) is 68.0 cm³/mol. The van der Waals surface area contributed by atoms with Gasteiger partial charge in [-0.15, -0.1) is 0 Å². The average Bonchev–Trinajstić information content (AvgIpc) is 2.31. The maximum absolute atomic E-state index is 12.7. The van der Waals surface area contributed by atoms with E-state index in [0.29, 0.717) is 5.11 Å². The number of nitrogens with zero attached hydrogens (tertiary/aromatic N) is 1. The van der Waals surface area contributed by atoms with Crippen LogP contribution in [0.15, 0.2) is 29.4 Å². The molecule has 2 N–H and O–H groups in total. The number of hydrazone groups is 1. The summed E-state index contributed by atoms with van der Waals surface area (Å²) >= 11 is 4.90. The summed E-state index contributed by atoms with van der Waals surface area (Å²) in [6, 6.07) is 6.22. The van der Waals surface area contributed by atoms with Crippen LogP contribution < -0.4 is 10.7 Å². The Kier molecular flexibility index (Phi) is 4.85. The zero-order chi connectivity index (χ0) is 12.0. The third-order valence-corrected chi connectivity index (χ3v) is 2.33. The zero-order valence-corrected chi connectivity index (χ0v) is 10.1. The van der Waals surface area contributed by atoms with E-state index < -0.39 is 0 Å². The van der Waals surface area contributed by atoms with E-state index in [1.165, 1.54) is 12.1 Å². The molecule has 3 nitrogen and oxygen atoms in total.